The van der Waals surface area contributed by atoms with E-state index < -0.39 is 55.1 Å². The van der Waals surface area contributed by atoms with Gasteiger partial charge >= 0.3 is 18.5 Å². The van der Waals surface area contributed by atoms with Crippen molar-refractivity contribution < 1.29 is 45.8 Å². The molecular formula is C14H11F6NO4. The van der Waals surface area contributed by atoms with Gasteiger partial charge in [0.1, 0.15) is 5.75 Å². The van der Waals surface area contributed by atoms with Crippen LogP contribution in [0.15, 0.2) is 24.3 Å². The molecule has 0 aromatic heterocycles. The Labute approximate surface area is 136 Å². The number of alkyl halides is 6. The van der Waals surface area contributed by atoms with Gasteiger partial charge in [-0.15, -0.1) is 13.2 Å². The molecular weight excluding hydrogens is 360 g/mol. The Morgan fingerprint density at radius 1 is 1.08 bits per heavy atom. The highest BCUT2D eigenvalue weighted by atomic mass is 19.4. The zero-order chi connectivity index (χ0) is 19.0. The first kappa shape index (κ1) is 18.9. The SMILES string of the molecule is O=C(c1ccc(OC(F)(F)F)cc1)N1CCC(C(=O)O)(C(F)(F)F)C1. The Hall–Kier alpha value is -2.46. The van der Waals surface area contributed by atoms with E-state index in [1.807, 2.05) is 0 Å². The Morgan fingerprint density at radius 2 is 1.64 bits per heavy atom. The summed E-state index contributed by atoms with van der Waals surface area (Å²) in [6.45, 7) is -1.50. The quantitative estimate of drug-likeness (QED) is 0.830. The highest BCUT2D eigenvalue weighted by Gasteiger charge is 2.64. The lowest BCUT2D eigenvalue weighted by Gasteiger charge is -2.27. The molecule has 1 heterocycles. The van der Waals surface area contributed by atoms with E-state index in [-0.39, 0.29) is 5.56 Å². The van der Waals surface area contributed by atoms with Gasteiger partial charge in [0.05, 0.1) is 0 Å². The number of carbonyl (C=O) groups excluding carboxylic acids is 1. The van der Waals surface area contributed by atoms with Crippen LogP contribution in [-0.4, -0.2) is 47.5 Å². The van der Waals surface area contributed by atoms with E-state index in [1.165, 1.54) is 0 Å². The van der Waals surface area contributed by atoms with E-state index in [0.29, 0.717) is 4.90 Å². The Morgan fingerprint density at radius 3 is 2.04 bits per heavy atom. The maximum Gasteiger partial charge on any atom is 0.573 e. The molecule has 1 atom stereocenters. The second kappa shape index (κ2) is 6.12. The number of halogens is 6. The number of hydrogen-bond acceptors (Lipinski definition) is 3. The summed E-state index contributed by atoms with van der Waals surface area (Å²) in [7, 11) is 0. The smallest absolute Gasteiger partial charge is 0.481 e. The summed E-state index contributed by atoms with van der Waals surface area (Å²) < 4.78 is 79.0. The summed E-state index contributed by atoms with van der Waals surface area (Å²) in [5.74, 6) is -3.59. The van der Waals surface area contributed by atoms with Gasteiger partial charge in [0.2, 0.25) is 0 Å². The average molecular weight is 371 g/mol. The van der Waals surface area contributed by atoms with Gasteiger partial charge in [0.15, 0.2) is 5.41 Å². The van der Waals surface area contributed by atoms with E-state index in [2.05, 4.69) is 4.74 Å². The van der Waals surface area contributed by atoms with Crippen molar-refractivity contribution in [3.63, 3.8) is 0 Å². The van der Waals surface area contributed by atoms with E-state index in [9.17, 15) is 35.9 Å². The average Bonchev–Trinajstić information content (AvgIpc) is 2.92. The van der Waals surface area contributed by atoms with Crippen LogP contribution in [-0.2, 0) is 4.79 Å². The van der Waals surface area contributed by atoms with Crippen molar-refractivity contribution in [2.75, 3.05) is 13.1 Å². The third-order valence-electron chi connectivity index (χ3n) is 3.84. The number of carboxylic acids is 1. The number of carbonyl (C=O) groups is 2. The molecule has 0 bridgehead atoms. The number of amides is 1. The van der Waals surface area contributed by atoms with Gasteiger partial charge < -0.3 is 14.7 Å². The molecule has 1 unspecified atom stereocenters. The first-order valence-electron chi connectivity index (χ1n) is 6.81. The first-order chi connectivity index (χ1) is 11.4. The van der Waals surface area contributed by atoms with Crippen LogP contribution < -0.4 is 4.74 Å². The van der Waals surface area contributed by atoms with Crippen LogP contribution in [0.25, 0.3) is 0 Å². The molecule has 0 spiro atoms. The van der Waals surface area contributed by atoms with Gasteiger partial charge in [-0.05, 0) is 30.7 Å². The second-order valence-corrected chi connectivity index (χ2v) is 5.43. The van der Waals surface area contributed by atoms with Crippen LogP contribution >= 0.6 is 0 Å². The van der Waals surface area contributed by atoms with Crippen LogP contribution in [0.3, 0.4) is 0 Å². The molecule has 1 amide bonds. The van der Waals surface area contributed by atoms with Gasteiger partial charge in [-0.2, -0.15) is 13.2 Å². The monoisotopic (exact) mass is 371 g/mol. The third-order valence-corrected chi connectivity index (χ3v) is 3.84. The number of benzene rings is 1. The van der Waals surface area contributed by atoms with Gasteiger partial charge in [-0.25, -0.2) is 0 Å². The van der Waals surface area contributed by atoms with Crippen LogP contribution in [0.2, 0.25) is 0 Å². The molecule has 138 valence electrons. The highest BCUT2D eigenvalue weighted by molar-refractivity contribution is 5.95. The minimum atomic E-state index is -5.04. The molecule has 25 heavy (non-hydrogen) atoms. The molecule has 1 aromatic rings. The second-order valence-electron chi connectivity index (χ2n) is 5.43. The summed E-state index contributed by atoms with van der Waals surface area (Å²) in [5, 5.41) is 8.93. The minimum Gasteiger partial charge on any atom is -0.481 e. The predicted molar refractivity (Wildman–Crippen MR) is 69.8 cm³/mol. The summed E-state index contributed by atoms with van der Waals surface area (Å²) in [6, 6.07) is 3.59. The lowest BCUT2D eigenvalue weighted by atomic mass is 9.86. The standard InChI is InChI=1S/C14H11F6NO4/c15-13(16,17)12(11(23)24)5-6-21(7-12)10(22)8-1-3-9(4-2-8)25-14(18,19)20/h1-4H,5-7H2,(H,23,24). The summed E-state index contributed by atoms with van der Waals surface area (Å²) in [5.41, 5.74) is -3.24. The van der Waals surface area contributed by atoms with Crippen molar-refractivity contribution in [1.82, 2.24) is 4.90 Å². The molecule has 1 saturated heterocycles. The van der Waals surface area contributed by atoms with Crippen molar-refractivity contribution in [3.05, 3.63) is 29.8 Å². The summed E-state index contributed by atoms with van der Waals surface area (Å²) >= 11 is 0. The highest BCUT2D eigenvalue weighted by Crippen LogP contribution is 2.46. The summed E-state index contributed by atoms with van der Waals surface area (Å²) in [4.78, 5) is 24.0. The molecule has 0 radical (unpaired) electrons. The maximum atomic E-state index is 13.1. The molecule has 1 aromatic carbocycles. The van der Waals surface area contributed by atoms with Crippen molar-refractivity contribution in [2.24, 2.45) is 5.41 Å². The fourth-order valence-electron chi connectivity index (χ4n) is 2.49. The van der Waals surface area contributed by atoms with Crippen LogP contribution in [0.1, 0.15) is 16.8 Å². The Kier molecular flexibility index (Phi) is 4.62. The maximum absolute atomic E-state index is 13.1. The molecule has 5 nitrogen and oxygen atoms in total. The molecule has 0 saturated carbocycles. The zero-order valence-electron chi connectivity index (χ0n) is 12.3. The molecule has 1 N–H and O–H groups in total. The molecule has 2 rings (SSSR count). The topological polar surface area (TPSA) is 66.8 Å². The van der Waals surface area contributed by atoms with Crippen molar-refractivity contribution in [1.29, 1.82) is 0 Å². The largest absolute Gasteiger partial charge is 0.573 e. The molecule has 1 aliphatic heterocycles. The lowest BCUT2D eigenvalue weighted by Crippen LogP contribution is -2.47. The van der Waals surface area contributed by atoms with Crippen molar-refractivity contribution >= 4 is 11.9 Å². The summed E-state index contributed by atoms with van der Waals surface area (Å²) in [6.07, 6.45) is -10.8. The lowest BCUT2D eigenvalue weighted by molar-refractivity contribution is -0.274. The zero-order valence-corrected chi connectivity index (χ0v) is 12.3. The molecule has 11 heteroatoms. The number of aliphatic carboxylic acids is 1. The van der Waals surface area contributed by atoms with Gasteiger partial charge in [0.25, 0.3) is 5.91 Å². The molecule has 1 fully saturated rings. The fraction of sp³-hybridized carbons (Fsp3) is 0.429. The normalized spacial score (nSPS) is 21.3. The van der Waals surface area contributed by atoms with E-state index >= 15 is 0 Å². The predicted octanol–water partition coefficient (Wildman–Crippen LogP) is 3.06. The van der Waals surface area contributed by atoms with Crippen LogP contribution in [0.5, 0.6) is 5.75 Å². The fourth-order valence-corrected chi connectivity index (χ4v) is 2.49. The van der Waals surface area contributed by atoms with Gasteiger partial charge in [-0.3, -0.25) is 9.59 Å². The number of nitrogens with zero attached hydrogens (tertiary/aromatic N) is 1. The van der Waals surface area contributed by atoms with Gasteiger partial charge in [0, 0.05) is 18.7 Å². The van der Waals surface area contributed by atoms with E-state index in [4.69, 9.17) is 5.11 Å². The minimum absolute atomic E-state index is 0.183. The first-order valence-corrected chi connectivity index (χ1v) is 6.81. The van der Waals surface area contributed by atoms with E-state index in [1.54, 1.807) is 0 Å². The van der Waals surface area contributed by atoms with Crippen molar-refractivity contribution in [2.45, 2.75) is 19.0 Å². The number of rotatable bonds is 3. The number of hydrogen-bond donors (Lipinski definition) is 1. The number of carboxylic acid groups (broad SMARTS) is 1. The Balaban J connectivity index is 2.16. The third kappa shape index (κ3) is 3.80. The van der Waals surface area contributed by atoms with Gasteiger partial charge in [-0.1, -0.05) is 0 Å². The van der Waals surface area contributed by atoms with Crippen molar-refractivity contribution in [3.8, 4) is 5.75 Å². The molecule has 1 aliphatic rings. The number of ether oxygens (including phenoxy) is 1. The molecule has 0 aliphatic carbocycles. The van der Waals surface area contributed by atoms with Crippen LogP contribution in [0.4, 0.5) is 26.3 Å². The van der Waals surface area contributed by atoms with Crippen LogP contribution in [0, 0.1) is 5.41 Å². The Bertz CT molecular complexity index is 669. The van der Waals surface area contributed by atoms with E-state index in [0.717, 1.165) is 24.3 Å². The number of likely N-dealkylation sites (tertiary alicyclic amines) is 1.